The molecule has 19 heavy (non-hydrogen) atoms. The average molecular weight is 257 g/mol. The predicted molar refractivity (Wildman–Crippen MR) is 77.0 cm³/mol. The number of carbonyl (C=O) groups is 1. The molecule has 0 bridgehead atoms. The number of aromatic nitrogens is 1. The highest BCUT2D eigenvalue weighted by atomic mass is 16.2. The molecule has 3 N–H and O–H groups in total. The first-order valence-corrected chi connectivity index (χ1v) is 6.81. The normalized spacial score (nSPS) is 19.8. The minimum Gasteiger partial charge on any atom is -0.399 e. The van der Waals surface area contributed by atoms with Crippen molar-refractivity contribution >= 4 is 22.5 Å². The molecule has 0 saturated carbocycles. The number of fused-ring (bicyclic) bond motifs is 1. The number of hydrogen-bond donors (Lipinski definition) is 2. The van der Waals surface area contributed by atoms with E-state index < -0.39 is 0 Å². The second kappa shape index (κ2) is 4.61. The van der Waals surface area contributed by atoms with Gasteiger partial charge in [-0.15, -0.1) is 0 Å². The lowest BCUT2D eigenvalue weighted by Gasteiger charge is -2.30. The van der Waals surface area contributed by atoms with Crippen molar-refractivity contribution in [1.82, 2.24) is 9.88 Å². The molecule has 0 spiro atoms. The fraction of sp³-hybridized carbons (Fsp3) is 0.400. The lowest BCUT2D eigenvalue weighted by atomic mass is 10.00. The Morgan fingerprint density at radius 3 is 3.05 bits per heavy atom. The van der Waals surface area contributed by atoms with Gasteiger partial charge in [-0.1, -0.05) is 6.92 Å². The second-order valence-electron chi connectivity index (χ2n) is 5.53. The average Bonchev–Trinajstić information content (AvgIpc) is 2.80. The summed E-state index contributed by atoms with van der Waals surface area (Å²) in [6.07, 6.45) is 2.31. The summed E-state index contributed by atoms with van der Waals surface area (Å²) in [5.74, 6) is 0.694. The van der Waals surface area contributed by atoms with Crippen LogP contribution in [0.25, 0.3) is 10.9 Å². The molecule has 0 radical (unpaired) electrons. The van der Waals surface area contributed by atoms with Crippen molar-refractivity contribution in [3.63, 3.8) is 0 Å². The van der Waals surface area contributed by atoms with Crippen molar-refractivity contribution in [2.45, 2.75) is 19.8 Å². The maximum absolute atomic E-state index is 12.5. The van der Waals surface area contributed by atoms with E-state index in [0.717, 1.165) is 36.1 Å². The number of benzene rings is 1. The van der Waals surface area contributed by atoms with Gasteiger partial charge in [0.1, 0.15) is 5.69 Å². The van der Waals surface area contributed by atoms with Crippen LogP contribution in [0.1, 0.15) is 30.3 Å². The van der Waals surface area contributed by atoms with Crippen LogP contribution in [-0.4, -0.2) is 28.9 Å². The van der Waals surface area contributed by atoms with Gasteiger partial charge in [0.05, 0.1) is 0 Å². The van der Waals surface area contributed by atoms with Crippen molar-refractivity contribution in [1.29, 1.82) is 0 Å². The smallest absolute Gasteiger partial charge is 0.270 e. The van der Waals surface area contributed by atoms with Crippen LogP contribution in [0.2, 0.25) is 0 Å². The summed E-state index contributed by atoms with van der Waals surface area (Å²) in [6, 6.07) is 7.55. The number of piperidine rings is 1. The van der Waals surface area contributed by atoms with Gasteiger partial charge in [-0.05, 0) is 43.0 Å². The van der Waals surface area contributed by atoms with E-state index in [4.69, 9.17) is 5.73 Å². The predicted octanol–water partition coefficient (Wildman–Crippen LogP) is 2.62. The van der Waals surface area contributed by atoms with E-state index in [1.807, 2.05) is 29.2 Å². The number of rotatable bonds is 1. The van der Waals surface area contributed by atoms with Gasteiger partial charge in [-0.3, -0.25) is 4.79 Å². The lowest BCUT2D eigenvalue weighted by molar-refractivity contribution is 0.0678. The zero-order chi connectivity index (χ0) is 13.4. The molecule has 2 aromatic rings. The molecule has 1 saturated heterocycles. The SMILES string of the molecule is CC1CCCN(C(=O)c2cc3cc(N)ccc3[nH]2)C1. The molecule has 1 fully saturated rings. The first-order chi connectivity index (χ1) is 9.13. The van der Waals surface area contributed by atoms with Crippen molar-refractivity contribution in [2.75, 3.05) is 18.8 Å². The Bertz CT molecular complexity index is 617. The number of nitrogens with one attached hydrogen (secondary N) is 1. The molecular weight excluding hydrogens is 238 g/mol. The first kappa shape index (κ1) is 12.1. The Balaban J connectivity index is 1.88. The quantitative estimate of drug-likeness (QED) is 0.771. The van der Waals surface area contributed by atoms with Crippen LogP contribution in [0.5, 0.6) is 0 Å². The summed E-state index contributed by atoms with van der Waals surface area (Å²) in [7, 11) is 0. The Morgan fingerprint density at radius 1 is 1.42 bits per heavy atom. The van der Waals surface area contributed by atoms with Crippen LogP contribution in [0.15, 0.2) is 24.3 Å². The summed E-state index contributed by atoms with van der Waals surface area (Å²) in [5, 5.41) is 0.994. The number of nitrogens with two attached hydrogens (primary N) is 1. The van der Waals surface area contributed by atoms with Gasteiger partial charge in [0.25, 0.3) is 5.91 Å². The molecule has 1 aliphatic rings. The molecule has 4 nitrogen and oxygen atoms in total. The number of anilines is 1. The Hall–Kier alpha value is -1.97. The summed E-state index contributed by atoms with van der Waals surface area (Å²) < 4.78 is 0. The minimum absolute atomic E-state index is 0.0984. The maximum atomic E-state index is 12.5. The van der Waals surface area contributed by atoms with Crippen molar-refractivity contribution in [3.8, 4) is 0 Å². The van der Waals surface area contributed by atoms with Crippen LogP contribution in [0.3, 0.4) is 0 Å². The number of amides is 1. The minimum atomic E-state index is 0.0984. The number of hydrogen-bond acceptors (Lipinski definition) is 2. The maximum Gasteiger partial charge on any atom is 0.270 e. The molecule has 1 aromatic heterocycles. The molecule has 3 rings (SSSR count). The summed E-state index contributed by atoms with van der Waals surface area (Å²) in [6.45, 7) is 3.92. The van der Waals surface area contributed by atoms with Gasteiger partial charge >= 0.3 is 0 Å². The molecule has 1 amide bonds. The Morgan fingerprint density at radius 2 is 2.26 bits per heavy atom. The third-order valence-corrected chi connectivity index (χ3v) is 3.82. The van der Waals surface area contributed by atoms with Crippen LogP contribution in [0.4, 0.5) is 5.69 Å². The third-order valence-electron chi connectivity index (χ3n) is 3.82. The van der Waals surface area contributed by atoms with Crippen LogP contribution >= 0.6 is 0 Å². The van der Waals surface area contributed by atoms with Gasteiger partial charge in [0.2, 0.25) is 0 Å². The monoisotopic (exact) mass is 257 g/mol. The van der Waals surface area contributed by atoms with E-state index in [-0.39, 0.29) is 5.91 Å². The van der Waals surface area contributed by atoms with Gasteiger partial charge in [-0.25, -0.2) is 0 Å². The van der Waals surface area contributed by atoms with Gasteiger partial charge in [0, 0.05) is 29.7 Å². The van der Waals surface area contributed by atoms with E-state index >= 15 is 0 Å². The lowest BCUT2D eigenvalue weighted by Crippen LogP contribution is -2.39. The van der Waals surface area contributed by atoms with E-state index in [2.05, 4.69) is 11.9 Å². The van der Waals surface area contributed by atoms with E-state index in [1.54, 1.807) is 0 Å². The van der Waals surface area contributed by atoms with Gasteiger partial charge < -0.3 is 15.6 Å². The first-order valence-electron chi connectivity index (χ1n) is 6.81. The van der Waals surface area contributed by atoms with Gasteiger partial charge in [0.15, 0.2) is 0 Å². The molecule has 2 heterocycles. The highest BCUT2D eigenvalue weighted by molar-refractivity contribution is 5.98. The van der Waals surface area contributed by atoms with Crippen molar-refractivity contribution in [2.24, 2.45) is 5.92 Å². The van der Waals surface area contributed by atoms with Crippen molar-refractivity contribution < 1.29 is 4.79 Å². The number of likely N-dealkylation sites (tertiary alicyclic amines) is 1. The van der Waals surface area contributed by atoms with E-state index in [0.29, 0.717) is 11.6 Å². The molecule has 0 aliphatic carbocycles. The van der Waals surface area contributed by atoms with Crippen LogP contribution in [-0.2, 0) is 0 Å². The fourth-order valence-corrected chi connectivity index (χ4v) is 2.81. The number of carbonyl (C=O) groups excluding carboxylic acids is 1. The van der Waals surface area contributed by atoms with Crippen LogP contribution < -0.4 is 5.73 Å². The van der Waals surface area contributed by atoms with E-state index in [9.17, 15) is 4.79 Å². The Labute approximate surface area is 112 Å². The third kappa shape index (κ3) is 2.30. The summed E-state index contributed by atoms with van der Waals surface area (Å²) in [5.41, 5.74) is 8.10. The van der Waals surface area contributed by atoms with Crippen LogP contribution in [0, 0.1) is 5.92 Å². The number of aromatic amines is 1. The molecule has 4 heteroatoms. The fourth-order valence-electron chi connectivity index (χ4n) is 2.81. The molecule has 100 valence electrons. The topological polar surface area (TPSA) is 62.1 Å². The highest BCUT2D eigenvalue weighted by Gasteiger charge is 2.23. The zero-order valence-corrected chi connectivity index (χ0v) is 11.1. The molecule has 1 unspecified atom stereocenters. The zero-order valence-electron chi connectivity index (χ0n) is 11.1. The number of H-pyrrole nitrogens is 1. The standard InChI is InChI=1S/C15H19N3O/c1-10-3-2-6-18(9-10)15(19)14-8-11-7-12(16)4-5-13(11)17-14/h4-5,7-8,10,17H,2-3,6,9,16H2,1H3. The van der Waals surface area contributed by atoms with Crippen molar-refractivity contribution in [3.05, 3.63) is 30.0 Å². The highest BCUT2D eigenvalue weighted by Crippen LogP contribution is 2.21. The second-order valence-corrected chi connectivity index (χ2v) is 5.53. The number of nitrogens with zero attached hydrogens (tertiary/aromatic N) is 1. The molecule has 1 aliphatic heterocycles. The molecule has 1 aromatic carbocycles. The molecular formula is C15H19N3O. The van der Waals surface area contributed by atoms with E-state index in [1.165, 1.54) is 6.42 Å². The number of nitrogen functional groups attached to an aromatic ring is 1. The Kier molecular flexibility index (Phi) is 2.93. The molecule has 1 atom stereocenters. The summed E-state index contributed by atoms with van der Waals surface area (Å²) >= 11 is 0. The largest absolute Gasteiger partial charge is 0.399 e. The summed E-state index contributed by atoms with van der Waals surface area (Å²) in [4.78, 5) is 17.6. The van der Waals surface area contributed by atoms with Gasteiger partial charge in [-0.2, -0.15) is 0 Å².